The standard InChI is InChI=1S/C14H24N4OS/c1-11-4-5-13(20-11)12(10-17-14(15-2)16-3)18-6-8-19-9-7-18/h4-5,12H,6-10H2,1-3H3,(H2,15,16,17). The quantitative estimate of drug-likeness (QED) is 0.648. The van der Waals surface area contributed by atoms with E-state index < -0.39 is 0 Å². The normalized spacial score (nSPS) is 18.9. The van der Waals surface area contributed by atoms with Gasteiger partial charge in [-0.2, -0.15) is 0 Å². The second-order valence-electron chi connectivity index (χ2n) is 4.82. The molecule has 1 fully saturated rings. The minimum absolute atomic E-state index is 0.377. The predicted molar refractivity (Wildman–Crippen MR) is 84.6 cm³/mol. The summed E-state index contributed by atoms with van der Waals surface area (Å²) in [5.41, 5.74) is 0. The summed E-state index contributed by atoms with van der Waals surface area (Å²) in [6, 6.07) is 4.81. The molecule has 0 amide bonds. The third-order valence-corrected chi connectivity index (χ3v) is 4.60. The van der Waals surface area contributed by atoms with Gasteiger partial charge in [0.15, 0.2) is 5.96 Å². The van der Waals surface area contributed by atoms with Crippen LogP contribution in [0.3, 0.4) is 0 Å². The topological polar surface area (TPSA) is 48.9 Å². The Bertz CT molecular complexity index is 440. The maximum absolute atomic E-state index is 5.46. The number of ether oxygens (including phenoxy) is 1. The van der Waals surface area contributed by atoms with Crippen LogP contribution in [0.4, 0.5) is 0 Å². The molecule has 1 aromatic rings. The molecular weight excluding hydrogens is 272 g/mol. The zero-order valence-electron chi connectivity index (χ0n) is 12.5. The number of hydrogen-bond acceptors (Lipinski definition) is 4. The van der Waals surface area contributed by atoms with E-state index in [4.69, 9.17) is 4.74 Å². The van der Waals surface area contributed by atoms with Crippen molar-refractivity contribution in [1.29, 1.82) is 0 Å². The predicted octanol–water partition coefficient (Wildman–Crippen LogP) is 1.22. The Morgan fingerprint density at radius 1 is 1.45 bits per heavy atom. The highest BCUT2D eigenvalue weighted by Crippen LogP contribution is 2.27. The van der Waals surface area contributed by atoms with Crippen molar-refractivity contribution in [2.75, 3.05) is 46.9 Å². The van der Waals surface area contributed by atoms with E-state index in [2.05, 4.69) is 39.6 Å². The molecule has 1 aliphatic heterocycles. The Morgan fingerprint density at radius 2 is 2.20 bits per heavy atom. The highest BCUT2D eigenvalue weighted by Gasteiger charge is 2.23. The number of rotatable bonds is 4. The molecule has 1 saturated heterocycles. The summed E-state index contributed by atoms with van der Waals surface area (Å²) in [6.45, 7) is 6.63. The molecule has 5 nitrogen and oxygen atoms in total. The summed E-state index contributed by atoms with van der Waals surface area (Å²) in [5.74, 6) is 0.830. The van der Waals surface area contributed by atoms with Gasteiger partial charge < -0.3 is 15.4 Å². The van der Waals surface area contributed by atoms with Crippen LogP contribution in [-0.4, -0.2) is 57.8 Å². The van der Waals surface area contributed by atoms with Crippen LogP contribution < -0.4 is 10.6 Å². The van der Waals surface area contributed by atoms with Crippen molar-refractivity contribution < 1.29 is 4.74 Å². The van der Waals surface area contributed by atoms with E-state index in [1.807, 2.05) is 18.4 Å². The Balaban J connectivity index is 2.07. The highest BCUT2D eigenvalue weighted by molar-refractivity contribution is 7.12. The first-order valence-electron chi connectivity index (χ1n) is 7.01. The molecule has 2 N–H and O–H groups in total. The second kappa shape index (κ2) is 7.61. The monoisotopic (exact) mass is 296 g/mol. The van der Waals surface area contributed by atoms with Gasteiger partial charge in [-0.25, -0.2) is 0 Å². The van der Waals surface area contributed by atoms with E-state index in [9.17, 15) is 0 Å². The van der Waals surface area contributed by atoms with Crippen molar-refractivity contribution in [3.05, 3.63) is 21.9 Å². The maximum atomic E-state index is 5.46. The van der Waals surface area contributed by atoms with Crippen LogP contribution in [0.5, 0.6) is 0 Å². The van der Waals surface area contributed by atoms with Gasteiger partial charge in [-0.15, -0.1) is 11.3 Å². The molecule has 2 heterocycles. The Morgan fingerprint density at radius 3 is 2.75 bits per heavy atom. The number of guanidine groups is 1. The van der Waals surface area contributed by atoms with Gasteiger partial charge in [-0.05, 0) is 19.1 Å². The van der Waals surface area contributed by atoms with E-state index in [1.54, 1.807) is 7.05 Å². The summed E-state index contributed by atoms with van der Waals surface area (Å²) in [4.78, 5) is 9.43. The van der Waals surface area contributed by atoms with E-state index >= 15 is 0 Å². The lowest BCUT2D eigenvalue weighted by atomic mass is 10.2. The molecule has 0 radical (unpaired) electrons. The van der Waals surface area contributed by atoms with Gasteiger partial charge in [0.25, 0.3) is 0 Å². The fourth-order valence-electron chi connectivity index (χ4n) is 2.40. The number of nitrogens with zero attached hydrogens (tertiary/aromatic N) is 2. The molecule has 0 spiro atoms. The first-order chi connectivity index (χ1) is 9.74. The van der Waals surface area contributed by atoms with Crippen LogP contribution in [0.1, 0.15) is 15.8 Å². The largest absolute Gasteiger partial charge is 0.379 e. The fourth-order valence-corrected chi connectivity index (χ4v) is 3.42. The second-order valence-corrected chi connectivity index (χ2v) is 6.14. The summed E-state index contributed by atoms with van der Waals surface area (Å²) in [6.07, 6.45) is 0. The Hall–Kier alpha value is -1.11. The summed E-state index contributed by atoms with van der Waals surface area (Å²) < 4.78 is 5.46. The first-order valence-corrected chi connectivity index (χ1v) is 7.82. The number of hydrogen-bond donors (Lipinski definition) is 2. The molecule has 0 aliphatic carbocycles. The summed E-state index contributed by atoms with van der Waals surface area (Å²) in [7, 11) is 3.67. The average Bonchev–Trinajstić information content (AvgIpc) is 2.91. The first kappa shape index (κ1) is 15.3. The maximum Gasteiger partial charge on any atom is 0.190 e. The number of aliphatic imine (C=N–C) groups is 1. The lowest BCUT2D eigenvalue weighted by Gasteiger charge is -2.34. The van der Waals surface area contributed by atoms with Gasteiger partial charge in [0.2, 0.25) is 0 Å². The lowest BCUT2D eigenvalue weighted by Crippen LogP contribution is -2.45. The molecule has 6 heteroatoms. The van der Waals surface area contributed by atoms with Gasteiger partial charge in [-0.1, -0.05) is 0 Å². The zero-order chi connectivity index (χ0) is 14.4. The van der Waals surface area contributed by atoms with Gasteiger partial charge in [0.1, 0.15) is 0 Å². The SMILES string of the molecule is CN=C(NC)NCC(c1ccc(C)s1)N1CCOCC1. The molecular formula is C14H24N4OS. The molecule has 1 aliphatic rings. The smallest absolute Gasteiger partial charge is 0.190 e. The molecule has 1 atom stereocenters. The van der Waals surface area contributed by atoms with Crippen LogP contribution in [0.15, 0.2) is 17.1 Å². The van der Waals surface area contributed by atoms with Gasteiger partial charge >= 0.3 is 0 Å². The molecule has 1 unspecified atom stereocenters. The highest BCUT2D eigenvalue weighted by atomic mass is 32.1. The van der Waals surface area contributed by atoms with Crippen molar-refractivity contribution in [3.63, 3.8) is 0 Å². The summed E-state index contributed by atoms with van der Waals surface area (Å²) >= 11 is 1.87. The lowest BCUT2D eigenvalue weighted by molar-refractivity contribution is 0.0177. The molecule has 112 valence electrons. The van der Waals surface area contributed by atoms with Crippen molar-refractivity contribution in [3.8, 4) is 0 Å². The number of morpholine rings is 1. The Labute approximate surface area is 125 Å². The van der Waals surface area contributed by atoms with Gasteiger partial charge in [0, 0.05) is 43.5 Å². The number of thiophene rings is 1. The van der Waals surface area contributed by atoms with E-state index in [0.29, 0.717) is 6.04 Å². The molecule has 0 aromatic carbocycles. The van der Waals surface area contributed by atoms with Crippen molar-refractivity contribution in [2.45, 2.75) is 13.0 Å². The third kappa shape index (κ3) is 3.94. The molecule has 0 bridgehead atoms. The summed E-state index contributed by atoms with van der Waals surface area (Å²) in [5, 5.41) is 6.45. The van der Waals surface area contributed by atoms with Gasteiger partial charge in [-0.3, -0.25) is 9.89 Å². The molecule has 1 aromatic heterocycles. The minimum atomic E-state index is 0.377. The fraction of sp³-hybridized carbons (Fsp3) is 0.643. The van der Waals surface area contributed by atoms with Crippen LogP contribution in [0, 0.1) is 6.92 Å². The Kier molecular flexibility index (Phi) is 5.82. The zero-order valence-corrected chi connectivity index (χ0v) is 13.3. The molecule has 20 heavy (non-hydrogen) atoms. The molecule has 2 rings (SSSR count). The van der Waals surface area contributed by atoms with Crippen LogP contribution >= 0.6 is 11.3 Å². The van der Waals surface area contributed by atoms with Crippen LogP contribution in [-0.2, 0) is 4.74 Å². The van der Waals surface area contributed by atoms with Crippen LogP contribution in [0.2, 0.25) is 0 Å². The van der Waals surface area contributed by atoms with Crippen LogP contribution in [0.25, 0.3) is 0 Å². The van der Waals surface area contributed by atoms with E-state index in [0.717, 1.165) is 38.8 Å². The van der Waals surface area contributed by atoms with Crippen molar-refractivity contribution >= 4 is 17.3 Å². The molecule has 0 saturated carbocycles. The van der Waals surface area contributed by atoms with Crippen molar-refractivity contribution in [1.82, 2.24) is 15.5 Å². The number of aryl methyl sites for hydroxylation is 1. The van der Waals surface area contributed by atoms with Gasteiger partial charge in [0.05, 0.1) is 19.3 Å². The average molecular weight is 296 g/mol. The minimum Gasteiger partial charge on any atom is -0.379 e. The number of nitrogens with one attached hydrogen (secondary N) is 2. The van der Waals surface area contributed by atoms with Crippen molar-refractivity contribution in [2.24, 2.45) is 4.99 Å². The van der Waals surface area contributed by atoms with E-state index in [-0.39, 0.29) is 0 Å². The van der Waals surface area contributed by atoms with E-state index in [1.165, 1.54) is 9.75 Å². The third-order valence-electron chi connectivity index (χ3n) is 3.50.